The van der Waals surface area contributed by atoms with Gasteiger partial charge in [0.05, 0.1) is 19.8 Å². The van der Waals surface area contributed by atoms with Crippen LogP contribution in [0.15, 0.2) is 29.3 Å². The monoisotopic (exact) mass is 502 g/mol. The van der Waals surface area contributed by atoms with E-state index in [0.717, 1.165) is 5.56 Å². The average molecular weight is 503 g/mol. The van der Waals surface area contributed by atoms with Crippen molar-refractivity contribution in [3.05, 3.63) is 34.9 Å². The van der Waals surface area contributed by atoms with Gasteiger partial charge in [-0.2, -0.15) is 0 Å². The number of halogens is 1. The Morgan fingerprint density at radius 2 is 1.94 bits per heavy atom. The van der Waals surface area contributed by atoms with E-state index in [1.165, 1.54) is 0 Å². The normalized spacial score (nSPS) is 24.4. The highest BCUT2D eigenvalue weighted by Crippen LogP contribution is 2.25. The van der Waals surface area contributed by atoms with Crippen molar-refractivity contribution >= 4 is 29.4 Å². The zero-order valence-electron chi connectivity index (χ0n) is 18.8. The van der Waals surface area contributed by atoms with Gasteiger partial charge < -0.3 is 45.9 Å². The third kappa shape index (κ3) is 9.05. The number of aliphatic hydroxyl groups is 1. The number of aliphatic imine (C=N–C) groups is 1. The van der Waals surface area contributed by atoms with Crippen LogP contribution in [0.4, 0.5) is 0 Å². The van der Waals surface area contributed by atoms with Gasteiger partial charge in [0.25, 0.3) is 0 Å². The second kappa shape index (κ2) is 14.0. The summed E-state index contributed by atoms with van der Waals surface area (Å²) in [6.07, 6.45) is -4.44. The van der Waals surface area contributed by atoms with Crippen molar-refractivity contribution in [2.75, 3.05) is 26.4 Å². The maximum Gasteiger partial charge on any atom is 0.329 e. The summed E-state index contributed by atoms with van der Waals surface area (Å²) >= 11 is 5.88. The van der Waals surface area contributed by atoms with E-state index in [1.807, 2.05) is 0 Å². The van der Waals surface area contributed by atoms with Crippen molar-refractivity contribution in [3.63, 3.8) is 0 Å². The van der Waals surface area contributed by atoms with Crippen LogP contribution in [0.1, 0.15) is 18.9 Å². The van der Waals surface area contributed by atoms with Crippen molar-refractivity contribution in [1.29, 1.82) is 0 Å². The van der Waals surface area contributed by atoms with Gasteiger partial charge in [0.1, 0.15) is 31.0 Å². The molecule has 5 atom stereocenters. The predicted octanol–water partition coefficient (Wildman–Crippen LogP) is -0.403. The third-order valence-electron chi connectivity index (χ3n) is 4.83. The van der Waals surface area contributed by atoms with Gasteiger partial charge in [0.15, 0.2) is 12.2 Å². The van der Waals surface area contributed by atoms with Crippen LogP contribution >= 0.6 is 11.6 Å². The molecule has 0 spiro atoms. The van der Waals surface area contributed by atoms with Crippen LogP contribution in [0.25, 0.3) is 0 Å². The van der Waals surface area contributed by atoms with Crippen molar-refractivity contribution in [3.8, 4) is 0 Å². The molecule has 12 nitrogen and oxygen atoms in total. The molecule has 7 N–H and O–H groups in total. The average Bonchev–Trinajstić information content (AvgIpc) is 2.77. The topological polar surface area (TPSA) is 188 Å². The summed E-state index contributed by atoms with van der Waals surface area (Å²) in [5.74, 6) is -1.85. The lowest BCUT2D eigenvalue weighted by atomic mass is 9.96. The molecule has 34 heavy (non-hydrogen) atoms. The minimum Gasteiger partial charge on any atom is -0.480 e. The molecule has 0 aliphatic carbocycles. The Labute approximate surface area is 202 Å². The molecule has 1 aliphatic heterocycles. The highest BCUT2D eigenvalue weighted by atomic mass is 35.5. The molecule has 1 heterocycles. The molecule has 13 heteroatoms. The number of nitrogens with one attached hydrogen (secondary N) is 1. The highest BCUT2D eigenvalue weighted by molar-refractivity contribution is 6.30. The van der Waals surface area contributed by atoms with Gasteiger partial charge in [0.2, 0.25) is 5.91 Å². The number of carboxylic acids is 1. The second-order valence-electron chi connectivity index (χ2n) is 7.45. The lowest BCUT2D eigenvalue weighted by Crippen LogP contribution is -2.65. The van der Waals surface area contributed by atoms with Gasteiger partial charge in [-0.15, -0.1) is 0 Å². The molecule has 2 rings (SSSR count). The lowest BCUT2D eigenvalue weighted by molar-refractivity contribution is -0.278. The lowest BCUT2D eigenvalue weighted by Gasteiger charge is -2.44. The number of hydrogen-bond donors (Lipinski definition) is 5. The molecule has 0 unspecified atom stereocenters. The number of ether oxygens (including phenoxy) is 4. The molecule has 1 aromatic carbocycles. The van der Waals surface area contributed by atoms with E-state index in [0.29, 0.717) is 5.02 Å². The standard InChI is InChI=1S/C21H31ClN4O8/c1-2-32-20-17(26-15(27)7-8-25-21(23)24)19(33-11-16(28)29)18(30)14(34-20)10-31-9-12-3-5-13(22)6-4-12/h3-6,14,17-20,30H,2,7-11H2,1H3,(H,26,27)(H,28,29)(H4,23,24,25)/t14-,17-,18-,19-,20+/m1/s1. The van der Waals surface area contributed by atoms with Crippen molar-refractivity contribution in [1.82, 2.24) is 5.32 Å². The number of aliphatic carboxylic acids is 1. The minimum atomic E-state index is -1.32. The van der Waals surface area contributed by atoms with Crippen LogP contribution in [0.5, 0.6) is 0 Å². The number of rotatable bonds is 13. The Bertz CT molecular complexity index is 821. The number of nitrogens with two attached hydrogens (primary N) is 2. The molecule has 1 saturated heterocycles. The fourth-order valence-electron chi connectivity index (χ4n) is 3.30. The number of carbonyl (C=O) groups is 2. The zero-order valence-corrected chi connectivity index (χ0v) is 19.5. The predicted molar refractivity (Wildman–Crippen MR) is 122 cm³/mol. The first-order chi connectivity index (χ1) is 16.2. The van der Waals surface area contributed by atoms with E-state index in [9.17, 15) is 14.7 Å². The Balaban J connectivity index is 2.09. The van der Waals surface area contributed by atoms with E-state index in [1.54, 1.807) is 31.2 Å². The van der Waals surface area contributed by atoms with E-state index in [-0.39, 0.29) is 38.7 Å². The molecule has 0 saturated carbocycles. The van der Waals surface area contributed by atoms with Gasteiger partial charge in [-0.3, -0.25) is 9.79 Å². The number of carboxylic acid groups (broad SMARTS) is 1. The summed E-state index contributed by atoms with van der Waals surface area (Å²) in [5, 5.41) is 23.2. The molecule has 190 valence electrons. The summed E-state index contributed by atoms with van der Waals surface area (Å²) in [4.78, 5) is 27.3. The largest absolute Gasteiger partial charge is 0.480 e. The summed E-state index contributed by atoms with van der Waals surface area (Å²) in [7, 11) is 0. The fraction of sp³-hybridized carbons (Fsp3) is 0.571. The number of amides is 1. The second-order valence-corrected chi connectivity index (χ2v) is 7.89. The first kappa shape index (κ1) is 27.8. The molecule has 1 aliphatic rings. The van der Waals surface area contributed by atoms with Crippen molar-refractivity contribution in [2.45, 2.75) is 50.6 Å². The zero-order chi connectivity index (χ0) is 25.1. The van der Waals surface area contributed by atoms with Crippen molar-refractivity contribution < 1.29 is 38.7 Å². The quantitative estimate of drug-likeness (QED) is 0.175. The summed E-state index contributed by atoms with van der Waals surface area (Å²) in [6, 6.07) is 6.07. The Kier molecular flexibility index (Phi) is 11.5. The molecule has 0 radical (unpaired) electrons. The highest BCUT2D eigenvalue weighted by Gasteiger charge is 2.47. The van der Waals surface area contributed by atoms with Gasteiger partial charge in [0, 0.05) is 18.1 Å². The van der Waals surface area contributed by atoms with Gasteiger partial charge in [-0.05, 0) is 24.6 Å². The number of carbonyl (C=O) groups excluding carboxylic acids is 1. The molecule has 1 fully saturated rings. The van der Waals surface area contributed by atoms with Gasteiger partial charge in [-0.1, -0.05) is 23.7 Å². The van der Waals surface area contributed by atoms with E-state index in [2.05, 4.69) is 10.3 Å². The third-order valence-corrected chi connectivity index (χ3v) is 5.08. The van der Waals surface area contributed by atoms with Crippen LogP contribution in [0, 0.1) is 0 Å². The number of nitrogens with zero attached hydrogens (tertiary/aromatic N) is 1. The van der Waals surface area contributed by atoms with Crippen LogP contribution < -0.4 is 16.8 Å². The van der Waals surface area contributed by atoms with Crippen LogP contribution in [-0.2, 0) is 35.1 Å². The maximum atomic E-state index is 12.4. The first-order valence-electron chi connectivity index (χ1n) is 10.7. The fourth-order valence-corrected chi connectivity index (χ4v) is 3.43. The van der Waals surface area contributed by atoms with Gasteiger partial charge in [-0.25, -0.2) is 4.79 Å². The molecule has 0 bridgehead atoms. The first-order valence-corrected chi connectivity index (χ1v) is 11.0. The van der Waals surface area contributed by atoms with Crippen LogP contribution in [0.2, 0.25) is 5.02 Å². The summed E-state index contributed by atoms with van der Waals surface area (Å²) in [6.45, 7) is 1.50. The number of guanidine groups is 1. The Hall–Kier alpha value is -2.48. The SMILES string of the molecule is CCO[C@H]1O[C@H](COCc2ccc(Cl)cc2)[C@@H](O)[C@H](OCC(=O)O)[C@H]1NC(=O)CCN=C(N)N. The molecule has 1 amide bonds. The molecule has 1 aromatic rings. The molecular formula is C21H31ClN4O8. The summed E-state index contributed by atoms with van der Waals surface area (Å²) < 4.78 is 22.6. The molecule has 0 aromatic heterocycles. The smallest absolute Gasteiger partial charge is 0.329 e. The Morgan fingerprint density at radius 3 is 2.56 bits per heavy atom. The Morgan fingerprint density at radius 1 is 1.24 bits per heavy atom. The number of hydrogen-bond acceptors (Lipinski definition) is 8. The van der Waals surface area contributed by atoms with E-state index in [4.69, 9.17) is 47.1 Å². The van der Waals surface area contributed by atoms with Crippen molar-refractivity contribution in [2.24, 2.45) is 16.5 Å². The number of aliphatic hydroxyl groups excluding tert-OH is 1. The molecular weight excluding hydrogens is 472 g/mol. The number of benzene rings is 1. The van der Waals surface area contributed by atoms with E-state index < -0.39 is 49.1 Å². The van der Waals surface area contributed by atoms with Gasteiger partial charge >= 0.3 is 5.97 Å². The minimum absolute atomic E-state index is 0.0363. The van der Waals surface area contributed by atoms with Crippen LogP contribution in [0.3, 0.4) is 0 Å². The van der Waals surface area contributed by atoms with E-state index >= 15 is 0 Å². The van der Waals surface area contributed by atoms with Crippen LogP contribution in [-0.4, -0.2) is 85.1 Å². The summed E-state index contributed by atoms with van der Waals surface area (Å²) in [5.41, 5.74) is 11.4. The maximum absolute atomic E-state index is 12.4.